The molecule has 1 aromatic heterocycles. The molecule has 0 atom stereocenters. The van der Waals surface area contributed by atoms with Crippen molar-refractivity contribution in [2.45, 2.75) is 26.8 Å². The van der Waals surface area contributed by atoms with Crippen LogP contribution in [0.2, 0.25) is 0 Å². The molecule has 24 heavy (non-hydrogen) atoms. The highest BCUT2D eigenvalue weighted by Gasteiger charge is 2.09. The van der Waals surface area contributed by atoms with Crippen molar-refractivity contribution in [3.05, 3.63) is 76.3 Å². The molecule has 3 aromatic rings. The molecule has 0 bridgehead atoms. The average molecular weight is 336 g/mol. The average Bonchev–Trinajstić information content (AvgIpc) is 3.03. The van der Waals surface area contributed by atoms with Crippen LogP contribution < -0.4 is 5.32 Å². The SMILES string of the molecule is Cc1ccc(CNC(=O)Cc2csc(-c3ccccc3)n2)c(C)c1. The van der Waals surface area contributed by atoms with Crippen molar-refractivity contribution in [1.29, 1.82) is 0 Å². The van der Waals surface area contributed by atoms with Crippen molar-refractivity contribution in [2.24, 2.45) is 0 Å². The van der Waals surface area contributed by atoms with Crippen LogP contribution in [0.5, 0.6) is 0 Å². The fourth-order valence-corrected chi connectivity index (χ4v) is 3.39. The topological polar surface area (TPSA) is 42.0 Å². The lowest BCUT2D eigenvalue weighted by atomic mass is 10.1. The number of amides is 1. The van der Waals surface area contributed by atoms with Crippen molar-refractivity contribution < 1.29 is 4.79 Å². The van der Waals surface area contributed by atoms with E-state index in [9.17, 15) is 4.79 Å². The second kappa shape index (κ2) is 7.41. The fraction of sp³-hybridized carbons (Fsp3) is 0.200. The fourth-order valence-electron chi connectivity index (χ4n) is 2.57. The summed E-state index contributed by atoms with van der Waals surface area (Å²) in [7, 11) is 0. The van der Waals surface area contributed by atoms with Gasteiger partial charge in [0.25, 0.3) is 0 Å². The number of hydrogen-bond acceptors (Lipinski definition) is 3. The van der Waals surface area contributed by atoms with Gasteiger partial charge in [0.15, 0.2) is 0 Å². The summed E-state index contributed by atoms with van der Waals surface area (Å²) in [5.74, 6) is -0.000105. The molecule has 3 rings (SSSR count). The summed E-state index contributed by atoms with van der Waals surface area (Å²) in [6.45, 7) is 4.70. The Balaban J connectivity index is 1.58. The lowest BCUT2D eigenvalue weighted by Crippen LogP contribution is -2.25. The molecule has 0 radical (unpaired) electrons. The van der Waals surface area contributed by atoms with Crippen LogP contribution in [0.3, 0.4) is 0 Å². The van der Waals surface area contributed by atoms with Gasteiger partial charge in [-0.15, -0.1) is 11.3 Å². The number of aromatic nitrogens is 1. The van der Waals surface area contributed by atoms with Gasteiger partial charge in [-0.3, -0.25) is 4.79 Å². The minimum atomic E-state index is -0.000105. The molecule has 0 spiro atoms. The van der Waals surface area contributed by atoms with Crippen LogP contribution >= 0.6 is 11.3 Å². The monoisotopic (exact) mass is 336 g/mol. The van der Waals surface area contributed by atoms with Crippen molar-refractivity contribution in [3.8, 4) is 10.6 Å². The molecule has 0 saturated heterocycles. The Morgan fingerprint density at radius 2 is 1.92 bits per heavy atom. The maximum atomic E-state index is 12.2. The summed E-state index contributed by atoms with van der Waals surface area (Å²) < 4.78 is 0. The van der Waals surface area contributed by atoms with Gasteiger partial charge in [0.05, 0.1) is 12.1 Å². The molecule has 3 nitrogen and oxygen atoms in total. The van der Waals surface area contributed by atoms with Crippen LogP contribution in [0.1, 0.15) is 22.4 Å². The zero-order valence-corrected chi connectivity index (χ0v) is 14.7. The first kappa shape index (κ1) is 16.4. The third-order valence-corrected chi connectivity index (χ3v) is 4.83. The van der Waals surface area contributed by atoms with Gasteiger partial charge in [0.1, 0.15) is 5.01 Å². The molecule has 0 unspecified atom stereocenters. The second-order valence-corrected chi connectivity index (χ2v) is 6.75. The van der Waals surface area contributed by atoms with E-state index < -0.39 is 0 Å². The van der Waals surface area contributed by atoms with Crippen LogP contribution in [0.4, 0.5) is 0 Å². The van der Waals surface area contributed by atoms with E-state index in [4.69, 9.17) is 0 Å². The number of rotatable bonds is 5. The van der Waals surface area contributed by atoms with Gasteiger partial charge in [-0.2, -0.15) is 0 Å². The number of thiazole rings is 1. The standard InChI is InChI=1S/C20H20N2OS/c1-14-8-9-17(15(2)10-14)12-21-19(23)11-18-13-24-20(22-18)16-6-4-3-5-7-16/h3-10,13H,11-12H2,1-2H3,(H,21,23). The van der Waals surface area contributed by atoms with Gasteiger partial charge in [-0.1, -0.05) is 54.1 Å². The summed E-state index contributed by atoms with van der Waals surface area (Å²) in [5, 5.41) is 5.89. The van der Waals surface area contributed by atoms with Gasteiger partial charge in [0, 0.05) is 17.5 Å². The third kappa shape index (κ3) is 4.09. The molecule has 0 fully saturated rings. The summed E-state index contributed by atoms with van der Waals surface area (Å²) in [6, 6.07) is 16.3. The molecule has 1 N–H and O–H groups in total. The summed E-state index contributed by atoms with van der Waals surface area (Å²) in [5.41, 5.74) is 5.49. The molecule has 1 amide bonds. The Labute approximate surface area is 146 Å². The van der Waals surface area contributed by atoms with E-state index >= 15 is 0 Å². The van der Waals surface area contributed by atoms with Crippen molar-refractivity contribution in [1.82, 2.24) is 10.3 Å². The van der Waals surface area contributed by atoms with Gasteiger partial charge in [-0.05, 0) is 25.0 Å². The molecule has 122 valence electrons. The highest BCUT2D eigenvalue weighted by molar-refractivity contribution is 7.13. The molecular formula is C20H20N2OS. The highest BCUT2D eigenvalue weighted by Crippen LogP contribution is 2.23. The van der Waals surface area contributed by atoms with E-state index in [0.29, 0.717) is 13.0 Å². The van der Waals surface area contributed by atoms with Gasteiger partial charge in [-0.25, -0.2) is 4.98 Å². The summed E-state index contributed by atoms with van der Waals surface area (Å²) in [6.07, 6.45) is 0.314. The van der Waals surface area contributed by atoms with Crippen LogP contribution in [0, 0.1) is 13.8 Å². The normalized spacial score (nSPS) is 10.6. The summed E-state index contributed by atoms with van der Waals surface area (Å²) in [4.78, 5) is 16.7. The molecule has 4 heteroatoms. The van der Waals surface area contributed by atoms with Crippen LogP contribution in [-0.4, -0.2) is 10.9 Å². The Hall–Kier alpha value is -2.46. The third-order valence-electron chi connectivity index (χ3n) is 3.89. The Morgan fingerprint density at radius 3 is 2.67 bits per heavy atom. The zero-order valence-electron chi connectivity index (χ0n) is 13.9. The predicted molar refractivity (Wildman–Crippen MR) is 99.0 cm³/mol. The first-order valence-corrected chi connectivity index (χ1v) is 8.82. The minimum Gasteiger partial charge on any atom is -0.352 e. The Kier molecular flexibility index (Phi) is 5.06. The maximum Gasteiger partial charge on any atom is 0.226 e. The van der Waals surface area contributed by atoms with Gasteiger partial charge < -0.3 is 5.32 Å². The maximum absolute atomic E-state index is 12.2. The number of aryl methyl sites for hydroxylation is 2. The molecular weight excluding hydrogens is 316 g/mol. The first-order valence-electron chi connectivity index (χ1n) is 7.94. The van der Waals surface area contributed by atoms with E-state index in [1.165, 1.54) is 11.1 Å². The van der Waals surface area contributed by atoms with E-state index in [0.717, 1.165) is 21.8 Å². The van der Waals surface area contributed by atoms with Crippen molar-refractivity contribution >= 4 is 17.2 Å². The molecule has 2 aromatic carbocycles. The van der Waals surface area contributed by atoms with Crippen LogP contribution in [0.15, 0.2) is 53.9 Å². The van der Waals surface area contributed by atoms with Crippen molar-refractivity contribution in [3.63, 3.8) is 0 Å². The predicted octanol–water partition coefficient (Wildman–Crippen LogP) is 4.29. The largest absolute Gasteiger partial charge is 0.352 e. The zero-order chi connectivity index (χ0) is 16.9. The quantitative estimate of drug-likeness (QED) is 0.755. The highest BCUT2D eigenvalue weighted by atomic mass is 32.1. The number of nitrogens with one attached hydrogen (secondary N) is 1. The van der Waals surface area contributed by atoms with E-state index in [1.54, 1.807) is 11.3 Å². The number of nitrogens with zero attached hydrogens (tertiary/aromatic N) is 1. The Bertz CT molecular complexity index is 840. The van der Waals surface area contributed by atoms with Crippen LogP contribution in [0.25, 0.3) is 10.6 Å². The Morgan fingerprint density at radius 1 is 1.12 bits per heavy atom. The molecule has 0 aliphatic carbocycles. The lowest BCUT2D eigenvalue weighted by Gasteiger charge is -2.08. The minimum absolute atomic E-state index is 0.000105. The number of carbonyl (C=O) groups is 1. The van der Waals surface area contributed by atoms with Gasteiger partial charge >= 0.3 is 0 Å². The van der Waals surface area contributed by atoms with Gasteiger partial charge in [0.2, 0.25) is 5.91 Å². The second-order valence-electron chi connectivity index (χ2n) is 5.89. The molecule has 0 saturated carbocycles. The number of hydrogen-bond donors (Lipinski definition) is 1. The molecule has 0 aliphatic rings. The van der Waals surface area contributed by atoms with E-state index in [-0.39, 0.29) is 5.91 Å². The molecule has 0 aliphatic heterocycles. The number of carbonyl (C=O) groups excluding carboxylic acids is 1. The lowest BCUT2D eigenvalue weighted by molar-refractivity contribution is -0.120. The molecule has 1 heterocycles. The first-order chi connectivity index (χ1) is 11.6. The van der Waals surface area contributed by atoms with Crippen LogP contribution in [-0.2, 0) is 17.8 Å². The smallest absolute Gasteiger partial charge is 0.226 e. The summed E-state index contributed by atoms with van der Waals surface area (Å²) >= 11 is 1.57. The number of benzene rings is 2. The van der Waals surface area contributed by atoms with Crippen molar-refractivity contribution in [2.75, 3.05) is 0 Å². The van der Waals surface area contributed by atoms with E-state index in [2.05, 4.69) is 42.3 Å². The van der Waals surface area contributed by atoms with E-state index in [1.807, 2.05) is 35.7 Å².